The van der Waals surface area contributed by atoms with Gasteiger partial charge < -0.3 is 15.3 Å². The molecule has 0 fully saturated rings. The van der Waals surface area contributed by atoms with E-state index in [2.05, 4.69) is 34.5 Å². The molecule has 2 N–H and O–H groups in total. The highest BCUT2D eigenvalue weighted by molar-refractivity contribution is 5.85. The predicted octanol–water partition coefficient (Wildman–Crippen LogP) is 1.43. The molecule has 0 saturated carbocycles. The van der Waals surface area contributed by atoms with Crippen LogP contribution in [0, 0.1) is 0 Å². The molecule has 5 heteroatoms. The van der Waals surface area contributed by atoms with Crippen molar-refractivity contribution >= 4 is 30.5 Å². The van der Waals surface area contributed by atoms with Gasteiger partial charge in [-0.05, 0) is 11.6 Å². The summed E-state index contributed by atoms with van der Waals surface area (Å²) in [7, 11) is 0. The number of nitrogens with one attached hydrogen (secondary N) is 1. The lowest BCUT2D eigenvalue weighted by Gasteiger charge is -2.23. The summed E-state index contributed by atoms with van der Waals surface area (Å²) in [5, 5.41) is 12.3. The van der Waals surface area contributed by atoms with E-state index in [0.717, 1.165) is 26.2 Å². The first kappa shape index (κ1) is 15.5. The maximum atomic E-state index is 8.97. The summed E-state index contributed by atoms with van der Waals surface area (Å²) >= 11 is 0. The van der Waals surface area contributed by atoms with Crippen LogP contribution in [0.25, 0.3) is 0 Å². The highest BCUT2D eigenvalue weighted by Gasteiger charge is 2.12. The van der Waals surface area contributed by atoms with Gasteiger partial charge in [-0.15, -0.1) is 24.8 Å². The Morgan fingerprint density at radius 1 is 1.25 bits per heavy atom. The molecule has 92 valence electrons. The van der Waals surface area contributed by atoms with Crippen molar-refractivity contribution in [2.75, 3.05) is 31.1 Å². The van der Waals surface area contributed by atoms with Crippen LogP contribution in [0.2, 0.25) is 0 Å². The van der Waals surface area contributed by atoms with Crippen molar-refractivity contribution < 1.29 is 5.11 Å². The molecule has 0 aliphatic carbocycles. The number of para-hydroxylation sites is 1. The number of aliphatic hydroxyl groups is 1. The van der Waals surface area contributed by atoms with Gasteiger partial charge in [0, 0.05) is 31.9 Å². The maximum Gasteiger partial charge on any atom is 0.0606 e. The lowest BCUT2D eigenvalue weighted by atomic mass is 10.1. The second-order valence-corrected chi connectivity index (χ2v) is 3.52. The molecule has 0 unspecified atom stereocenters. The van der Waals surface area contributed by atoms with Crippen LogP contribution in [-0.4, -0.2) is 31.3 Å². The molecular formula is C11H18Cl2N2O. The molecule has 16 heavy (non-hydrogen) atoms. The average Bonchev–Trinajstić information content (AvgIpc) is 2.42. The number of anilines is 1. The van der Waals surface area contributed by atoms with Gasteiger partial charge in [-0.3, -0.25) is 0 Å². The minimum absolute atomic E-state index is 0. The number of fused-ring (bicyclic) bond motifs is 1. The summed E-state index contributed by atoms with van der Waals surface area (Å²) in [6.07, 6.45) is 0. The number of rotatable bonds is 2. The molecule has 1 aliphatic heterocycles. The van der Waals surface area contributed by atoms with E-state index >= 15 is 0 Å². The Morgan fingerprint density at radius 3 is 2.75 bits per heavy atom. The Kier molecular flexibility index (Phi) is 7.51. The largest absolute Gasteiger partial charge is 0.395 e. The number of β-amino-alcohol motifs (C(OH)–C–C–N with tert-alkyl or cyclic N) is 1. The van der Waals surface area contributed by atoms with Crippen molar-refractivity contribution in [3.05, 3.63) is 29.8 Å². The summed E-state index contributed by atoms with van der Waals surface area (Å²) in [5.74, 6) is 0. The number of nitrogens with zero attached hydrogens (tertiary/aromatic N) is 1. The molecule has 2 rings (SSSR count). The zero-order chi connectivity index (χ0) is 9.80. The van der Waals surface area contributed by atoms with Crippen LogP contribution in [0.3, 0.4) is 0 Å². The number of hydrogen-bond acceptors (Lipinski definition) is 3. The standard InChI is InChI=1S/C11H16N2O.2ClH/c14-8-7-13-6-5-12-9-10-3-1-2-4-11(10)13;;/h1-4,12,14H,5-9H2;2*1H. The smallest absolute Gasteiger partial charge is 0.0606 e. The van der Waals surface area contributed by atoms with Crippen LogP contribution in [0.4, 0.5) is 5.69 Å². The van der Waals surface area contributed by atoms with E-state index in [-0.39, 0.29) is 31.4 Å². The van der Waals surface area contributed by atoms with E-state index in [1.54, 1.807) is 0 Å². The third kappa shape index (κ3) is 3.52. The second-order valence-electron chi connectivity index (χ2n) is 3.52. The maximum absolute atomic E-state index is 8.97. The van der Waals surface area contributed by atoms with Gasteiger partial charge in [0.2, 0.25) is 0 Å². The Bertz CT molecular complexity index is 310. The molecule has 0 spiro atoms. The zero-order valence-electron chi connectivity index (χ0n) is 9.06. The summed E-state index contributed by atoms with van der Waals surface area (Å²) in [4.78, 5) is 2.23. The van der Waals surface area contributed by atoms with E-state index in [0.29, 0.717) is 0 Å². The van der Waals surface area contributed by atoms with Crippen LogP contribution >= 0.6 is 24.8 Å². The van der Waals surface area contributed by atoms with Gasteiger partial charge in [0.15, 0.2) is 0 Å². The molecule has 0 saturated heterocycles. The average molecular weight is 265 g/mol. The SMILES string of the molecule is Cl.Cl.OCCN1CCNCc2ccccc21. The molecule has 1 heterocycles. The van der Waals surface area contributed by atoms with Crippen LogP contribution in [0.5, 0.6) is 0 Å². The van der Waals surface area contributed by atoms with Crippen LogP contribution < -0.4 is 10.2 Å². The third-order valence-electron chi connectivity index (χ3n) is 2.58. The van der Waals surface area contributed by atoms with E-state index < -0.39 is 0 Å². The highest BCUT2D eigenvalue weighted by Crippen LogP contribution is 2.21. The molecule has 3 nitrogen and oxygen atoms in total. The predicted molar refractivity (Wildman–Crippen MR) is 71.9 cm³/mol. The minimum Gasteiger partial charge on any atom is -0.395 e. The third-order valence-corrected chi connectivity index (χ3v) is 2.58. The number of aliphatic hydroxyl groups excluding tert-OH is 1. The number of benzene rings is 1. The number of halogens is 2. The van der Waals surface area contributed by atoms with Crippen LogP contribution in [-0.2, 0) is 6.54 Å². The monoisotopic (exact) mass is 264 g/mol. The summed E-state index contributed by atoms with van der Waals surface area (Å²) < 4.78 is 0. The Balaban J connectivity index is 0.00000112. The van der Waals surface area contributed by atoms with Crippen LogP contribution in [0.1, 0.15) is 5.56 Å². The van der Waals surface area contributed by atoms with E-state index in [1.807, 2.05) is 0 Å². The lowest BCUT2D eigenvalue weighted by molar-refractivity contribution is 0.302. The van der Waals surface area contributed by atoms with Gasteiger partial charge in [-0.25, -0.2) is 0 Å². The molecule has 1 aliphatic rings. The van der Waals surface area contributed by atoms with Crippen LogP contribution in [0.15, 0.2) is 24.3 Å². The summed E-state index contributed by atoms with van der Waals surface area (Å²) in [6, 6.07) is 8.37. The topological polar surface area (TPSA) is 35.5 Å². The van der Waals surface area contributed by atoms with E-state index in [1.165, 1.54) is 11.3 Å². The van der Waals surface area contributed by atoms with Gasteiger partial charge in [0.25, 0.3) is 0 Å². The van der Waals surface area contributed by atoms with E-state index in [9.17, 15) is 0 Å². The fourth-order valence-electron chi connectivity index (χ4n) is 1.88. The van der Waals surface area contributed by atoms with Crippen molar-refractivity contribution in [2.45, 2.75) is 6.54 Å². The number of hydrogen-bond donors (Lipinski definition) is 2. The normalized spacial score (nSPS) is 14.2. The van der Waals surface area contributed by atoms with Gasteiger partial charge >= 0.3 is 0 Å². The van der Waals surface area contributed by atoms with E-state index in [4.69, 9.17) is 5.11 Å². The summed E-state index contributed by atoms with van der Waals surface area (Å²) in [6.45, 7) is 3.82. The molecule has 0 aromatic heterocycles. The Morgan fingerprint density at radius 2 is 2.00 bits per heavy atom. The van der Waals surface area contributed by atoms with Gasteiger partial charge in [-0.1, -0.05) is 18.2 Å². The Labute approximate surface area is 109 Å². The van der Waals surface area contributed by atoms with Crippen molar-refractivity contribution in [1.82, 2.24) is 5.32 Å². The van der Waals surface area contributed by atoms with Gasteiger partial charge in [0.05, 0.1) is 6.61 Å². The molecule has 0 bridgehead atoms. The molecule has 1 aromatic rings. The van der Waals surface area contributed by atoms with Gasteiger partial charge in [-0.2, -0.15) is 0 Å². The molecule has 0 radical (unpaired) electrons. The molecule has 0 atom stereocenters. The zero-order valence-corrected chi connectivity index (χ0v) is 10.7. The lowest BCUT2D eigenvalue weighted by Crippen LogP contribution is -2.31. The van der Waals surface area contributed by atoms with Crippen molar-refractivity contribution in [2.24, 2.45) is 0 Å². The second kappa shape index (κ2) is 7.74. The minimum atomic E-state index is 0. The quantitative estimate of drug-likeness (QED) is 0.849. The summed E-state index contributed by atoms with van der Waals surface area (Å²) in [5.41, 5.74) is 2.57. The first-order valence-electron chi connectivity index (χ1n) is 5.06. The van der Waals surface area contributed by atoms with Crippen molar-refractivity contribution in [3.63, 3.8) is 0 Å². The van der Waals surface area contributed by atoms with Gasteiger partial charge in [0.1, 0.15) is 0 Å². The molecular weight excluding hydrogens is 247 g/mol. The molecule has 0 amide bonds. The van der Waals surface area contributed by atoms with Crippen molar-refractivity contribution in [1.29, 1.82) is 0 Å². The van der Waals surface area contributed by atoms with Crippen molar-refractivity contribution in [3.8, 4) is 0 Å². The first-order chi connectivity index (χ1) is 6.92. The fraction of sp³-hybridized carbons (Fsp3) is 0.455. The Hall–Kier alpha value is -0.480. The first-order valence-corrected chi connectivity index (χ1v) is 5.06. The highest BCUT2D eigenvalue weighted by atomic mass is 35.5. The fourth-order valence-corrected chi connectivity index (χ4v) is 1.88. The molecule has 1 aromatic carbocycles.